The second-order valence-electron chi connectivity index (χ2n) is 5.07. The van der Waals surface area contributed by atoms with E-state index in [2.05, 4.69) is 30.9 Å². The van der Waals surface area contributed by atoms with Gasteiger partial charge in [0.05, 0.1) is 0 Å². The Labute approximate surface area is 113 Å². The molecule has 0 radical (unpaired) electrons. The molecule has 0 amide bonds. The lowest BCUT2D eigenvalue weighted by Gasteiger charge is -2.10. The van der Waals surface area contributed by atoms with Gasteiger partial charge in [0, 0.05) is 17.5 Å². The predicted molar refractivity (Wildman–Crippen MR) is 73.6 cm³/mol. The number of hydrogen-bond donors (Lipinski definition) is 1. The maximum absolute atomic E-state index is 5.55. The summed E-state index contributed by atoms with van der Waals surface area (Å²) in [6.45, 7) is 6.70. The lowest BCUT2D eigenvalue weighted by Crippen LogP contribution is -2.13. The predicted octanol–water partition coefficient (Wildman–Crippen LogP) is 2.91. The van der Waals surface area contributed by atoms with E-state index in [-0.39, 0.29) is 17.8 Å². The fraction of sp³-hybridized carbons (Fsp3) is 0.385. The van der Waals surface area contributed by atoms with E-state index < -0.39 is 0 Å². The summed E-state index contributed by atoms with van der Waals surface area (Å²) >= 11 is 0. The van der Waals surface area contributed by atoms with Crippen LogP contribution < -0.4 is 5.73 Å². The summed E-state index contributed by atoms with van der Waals surface area (Å²) in [5, 5.41) is 4.00. The van der Waals surface area contributed by atoms with Gasteiger partial charge in [-0.15, -0.1) is 12.4 Å². The molecule has 18 heavy (non-hydrogen) atoms. The molecule has 1 aromatic carbocycles. The van der Waals surface area contributed by atoms with Gasteiger partial charge in [0.25, 0.3) is 5.89 Å². The van der Waals surface area contributed by atoms with Gasteiger partial charge in [0.15, 0.2) is 5.82 Å². The van der Waals surface area contributed by atoms with Crippen LogP contribution in [0.3, 0.4) is 0 Å². The van der Waals surface area contributed by atoms with Crippen molar-refractivity contribution in [2.75, 3.05) is 0 Å². The van der Waals surface area contributed by atoms with Gasteiger partial charge in [-0.2, -0.15) is 4.98 Å². The Morgan fingerprint density at radius 2 is 1.78 bits per heavy atom. The zero-order chi connectivity index (χ0) is 12.5. The minimum atomic E-state index is -0.0983. The molecule has 0 saturated carbocycles. The average molecular weight is 268 g/mol. The van der Waals surface area contributed by atoms with Crippen molar-refractivity contribution >= 4 is 12.4 Å². The lowest BCUT2D eigenvalue weighted by atomic mass is 9.96. The minimum absolute atomic E-state index is 0. The van der Waals surface area contributed by atoms with Crippen LogP contribution in [0.25, 0.3) is 11.5 Å². The molecule has 1 aromatic heterocycles. The van der Waals surface area contributed by atoms with E-state index in [0.29, 0.717) is 12.4 Å². The number of halogens is 1. The molecular weight excluding hydrogens is 250 g/mol. The van der Waals surface area contributed by atoms with E-state index in [1.807, 2.05) is 24.3 Å². The molecule has 0 aliphatic carbocycles. The summed E-state index contributed by atoms with van der Waals surface area (Å²) in [6, 6.07) is 7.83. The van der Waals surface area contributed by atoms with Crippen LogP contribution in [0.5, 0.6) is 0 Å². The third-order valence-electron chi connectivity index (χ3n) is 2.53. The number of nitrogens with two attached hydrogens (primary N) is 1. The van der Waals surface area contributed by atoms with Crippen LogP contribution in [0.2, 0.25) is 0 Å². The Balaban J connectivity index is 0.00000162. The molecule has 0 bridgehead atoms. The van der Waals surface area contributed by atoms with Crippen molar-refractivity contribution in [1.82, 2.24) is 10.1 Å². The van der Waals surface area contributed by atoms with Crippen LogP contribution in [0, 0.1) is 0 Å². The van der Waals surface area contributed by atoms with Crippen LogP contribution in [-0.2, 0) is 12.0 Å². The molecule has 4 nitrogen and oxygen atoms in total. The molecule has 0 aliphatic heterocycles. The fourth-order valence-corrected chi connectivity index (χ4v) is 1.43. The Kier molecular flexibility index (Phi) is 4.48. The largest absolute Gasteiger partial charge is 0.334 e. The Morgan fingerprint density at radius 3 is 2.22 bits per heavy atom. The third-order valence-corrected chi connectivity index (χ3v) is 2.53. The van der Waals surface area contributed by atoms with E-state index in [1.165, 1.54) is 0 Å². The van der Waals surface area contributed by atoms with E-state index >= 15 is 0 Å². The fourth-order valence-electron chi connectivity index (χ4n) is 1.43. The van der Waals surface area contributed by atoms with E-state index in [9.17, 15) is 0 Å². The summed E-state index contributed by atoms with van der Waals surface area (Å²) in [5.74, 6) is 1.27. The molecule has 2 rings (SSSR count). The van der Waals surface area contributed by atoms with Crippen molar-refractivity contribution in [2.45, 2.75) is 32.7 Å². The SMILES string of the molecule is CC(C)(C)c1noc(-c2ccc(CN)cc2)n1.Cl. The van der Waals surface area contributed by atoms with Gasteiger partial charge in [0.1, 0.15) is 0 Å². The molecule has 98 valence electrons. The van der Waals surface area contributed by atoms with Gasteiger partial charge in [-0.1, -0.05) is 38.1 Å². The summed E-state index contributed by atoms with van der Waals surface area (Å²) in [4.78, 5) is 4.40. The number of aromatic nitrogens is 2. The van der Waals surface area contributed by atoms with Crippen LogP contribution in [0.15, 0.2) is 28.8 Å². The van der Waals surface area contributed by atoms with E-state index in [0.717, 1.165) is 17.0 Å². The maximum atomic E-state index is 5.55. The van der Waals surface area contributed by atoms with Crippen molar-refractivity contribution in [2.24, 2.45) is 5.73 Å². The summed E-state index contributed by atoms with van der Waals surface area (Å²) < 4.78 is 5.26. The van der Waals surface area contributed by atoms with Gasteiger partial charge in [-0.05, 0) is 17.7 Å². The standard InChI is InChI=1S/C13H17N3O.ClH/c1-13(2,3)12-15-11(17-16-12)10-6-4-9(8-14)5-7-10;/h4-7H,8,14H2,1-3H3;1H. The molecule has 0 atom stereocenters. The van der Waals surface area contributed by atoms with Crippen molar-refractivity contribution in [3.05, 3.63) is 35.7 Å². The van der Waals surface area contributed by atoms with Crippen LogP contribution in [0.4, 0.5) is 0 Å². The molecular formula is C13H18ClN3O. The number of rotatable bonds is 2. The van der Waals surface area contributed by atoms with Crippen molar-refractivity contribution in [3.8, 4) is 11.5 Å². The topological polar surface area (TPSA) is 64.9 Å². The van der Waals surface area contributed by atoms with Gasteiger partial charge < -0.3 is 10.3 Å². The molecule has 2 N–H and O–H groups in total. The average Bonchev–Trinajstić information content (AvgIpc) is 2.78. The Morgan fingerprint density at radius 1 is 1.17 bits per heavy atom. The summed E-state index contributed by atoms with van der Waals surface area (Å²) in [6.07, 6.45) is 0. The molecule has 0 unspecified atom stereocenters. The molecule has 2 aromatic rings. The van der Waals surface area contributed by atoms with E-state index in [4.69, 9.17) is 10.3 Å². The van der Waals surface area contributed by atoms with Gasteiger partial charge in [-0.3, -0.25) is 0 Å². The Bertz CT molecular complexity index is 500. The number of nitrogens with zero attached hydrogens (tertiary/aromatic N) is 2. The highest BCUT2D eigenvalue weighted by molar-refractivity contribution is 5.85. The first-order chi connectivity index (χ1) is 8.00. The number of hydrogen-bond acceptors (Lipinski definition) is 4. The summed E-state index contributed by atoms with van der Waals surface area (Å²) in [7, 11) is 0. The quantitative estimate of drug-likeness (QED) is 0.909. The van der Waals surface area contributed by atoms with Crippen molar-refractivity contribution in [1.29, 1.82) is 0 Å². The van der Waals surface area contributed by atoms with Crippen LogP contribution >= 0.6 is 12.4 Å². The normalized spacial score (nSPS) is 11.1. The van der Waals surface area contributed by atoms with E-state index in [1.54, 1.807) is 0 Å². The zero-order valence-electron chi connectivity index (χ0n) is 10.8. The third kappa shape index (κ3) is 3.09. The monoisotopic (exact) mass is 267 g/mol. The molecule has 0 aliphatic rings. The van der Waals surface area contributed by atoms with Gasteiger partial charge >= 0.3 is 0 Å². The number of benzene rings is 1. The highest BCUT2D eigenvalue weighted by Crippen LogP contribution is 2.23. The first-order valence-corrected chi connectivity index (χ1v) is 5.64. The van der Waals surface area contributed by atoms with Crippen LogP contribution in [-0.4, -0.2) is 10.1 Å². The highest BCUT2D eigenvalue weighted by atomic mass is 35.5. The second-order valence-corrected chi connectivity index (χ2v) is 5.07. The maximum Gasteiger partial charge on any atom is 0.257 e. The van der Waals surface area contributed by atoms with Crippen molar-refractivity contribution in [3.63, 3.8) is 0 Å². The van der Waals surface area contributed by atoms with Crippen molar-refractivity contribution < 1.29 is 4.52 Å². The first kappa shape index (κ1) is 14.7. The van der Waals surface area contributed by atoms with Crippen LogP contribution in [0.1, 0.15) is 32.2 Å². The molecule has 5 heteroatoms. The minimum Gasteiger partial charge on any atom is -0.334 e. The summed E-state index contributed by atoms with van der Waals surface area (Å²) in [5.41, 5.74) is 7.46. The lowest BCUT2D eigenvalue weighted by molar-refractivity contribution is 0.402. The Hall–Kier alpha value is -1.39. The molecule has 1 heterocycles. The zero-order valence-corrected chi connectivity index (χ0v) is 11.6. The highest BCUT2D eigenvalue weighted by Gasteiger charge is 2.21. The second kappa shape index (κ2) is 5.50. The van der Waals surface area contributed by atoms with Gasteiger partial charge in [-0.25, -0.2) is 0 Å². The molecule has 0 saturated heterocycles. The smallest absolute Gasteiger partial charge is 0.257 e. The van der Waals surface area contributed by atoms with Gasteiger partial charge in [0.2, 0.25) is 0 Å². The first-order valence-electron chi connectivity index (χ1n) is 5.64. The molecule has 0 fully saturated rings. The molecule has 0 spiro atoms.